The van der Waals surface area contributed by atoms with Gasteiger partial charge in [0.25, 0.3) is 0 Å². The van der Waals surface area contributed by atoms with E-state index in [1.54, 1.807) is 6.92 Å². The summed E-state index contributed by atoms with van der Waals surface area (Å²) in [6, 6.07) is 11.8. The third-order valence-corrected chi connectivity index (χ3v) is 5.32. The first-order valence-electron chi connectivity index (χ1n) is 8.81. The van der Waals surface area contributed by atoms with E-state index in [0.29, 0.717) is 12.1 Å². The van der Waals surface area contributed by atoms with Crippen molar-refractivity contribution in [2.75, 3.05) is 19.6 Å². The lowest BCUT2D eigenvalue weighted by molar-refractivity contribution is -0.130. The van der Waals surface area contributed by atoms with Gasteiger partial charge in [0.05, 0.1) is 0 Å². The maximum Gasteiger partial charge on any atom is 0.219 e. The zero-order valence-electron chi connectivity index (χ0n) is 13.7. The standard InChI is InChI=1S/C19H28N2O/c1-16(22)21-15-7-12-19(21)18-11-6-14-20(18)13-5-10-17-8-3-2-4-9-17/h2-4,8-9,18-19H,5-7,10-15H2,1H3/t18-,19-/m1/s1. The predicted octanol–water partition coefficient (Wildman–Crippen LogP) is 3.09. The van der Waals surface area contributed by atoms with E-state index >= 15 is 0 Å². The van der Waals surface area contributed by atoms with Crippen molar-refractivity contribution in [2.45, 2.75) is 57.5 Å². The summed E-state index contributed by atoms with van der Waals surface area (Å²) in [7, 11) is 0. The molecule has 0 N–H and O–H groups in total. The maximum absolute atomic E-state index is 11.8. The summed E-state index contributed by atoms with van der Waals surface area (Å²) in [5.41, 5.74) is 1.43. The fourth-order valence-electron chi connectivity index (χ4n) is 4.28. The number of hydrogen-bond acceptors (Lipinski definition) is 2. The van der Waals surface area contributed by atoms with Gasteiger partial charge in [-0.2, -0.15) is 0 Å². The minimum Gasteiger partial charge on any atom is -0.338 e. The zero-order chi connectivity index (χ0) is 15.4. The quantitative estimate of drug-likeness (QED) is 0.834. The highest BCUT2D eigenvalue weighted by Crippen LogP contribution is 2.30. The number of rotatable bonds is 5. The number of hydrogen-bond donors (Lipinski definition) is 0. The molecule has 3 heteroatoms. The monoisotopic (exact) mass is 300 g/mol. The summed E-state index contributed by atoms with van der Waals surface area (Å²) in [5.74, 6) is 0.263. The highest BCUT2D eigenvalue weighted by molar-refractivity contribution is 5.74. The Morgan fingerprint density at radius 1 is 1.09 bits per heavy atom. The van der Waals surface area contributed by atoms with Gasteiger partial charge in [0.1, 0.15) is 0 Å². The molecule has 120 valence electrons. The number of carbonyl (C=O) groups is 1. The molecule has 2 heterocycles. The molecule has 0 spiro atoms. The molecule has 0 saturated carbocycles. The van der Waals surface area contributed by atoms with Crippen LogP contribution in [0.2, 0.25) is 0 Å². The second kappa shape index (κ2) is 7.28. The van der Waals surface area contributed by atoms with E-state index in [-0.39, 0.29) is 5.91 Å². The van der Waals surface area contributed by atoms with Gasteiger partial charge >= 0.3 is 0 Å². The normalized spacial score (nSPS) is 25.8. The van der Waals surface area contributed by atoms with Crippen LogP contribution in [0.4, 0.5) is 0 Å². The number of carbonyl (C=O) groups excluding carboxylic acids is 1. The van der Waals surface area contributed by atoms with E-state index in [1.807, 2.05) is 0 Å². The molecule has 3 rings (SSSR count). The summed E-state index contributed by atoms with van der Waals surface area (Å²) >= 11 is 0. The molecule has 0 bridgehead atoms. The van der Waals surface area contributed by atoms with Crippen LogP contribution in [0.25, 0.3) is 0 Å². The van der Waals surface area contributed by atoms with E-state index in [9.17, 15) is 4.79 Å². The Labute approximate surface area is 134 Å². The van der Waals surface area contributed by atoms with Crippen molar-refractivity contribution >= 4 is 5.91 Å². The lowest BCUT2D eigenvalue weighted by atomic mass is 10.0. The van der Waals surface area contributed by atoms with Crippen LogP contribution in [-0.2, 0) is 11.2 Å². The van der Waals surface area contributed by atoms with Gasteiger partial charge in [-0.1, -0.05) is 30.3 Å². The zero-order valence-corrected chi connectivity index (χ0v) is 13.7. The first-order valence-corrected chi connectivity index (χ1v) is 8.81. The average molecular weight is 300 g/mol. The molecule has 0 unspecified atom stereocenters. The van der Waals surface area contributed by atoms with Crippen LogP contribution in [0, 0.1) is 0 Å². The number of aryl methyl sites for hydroxylation is 1. The van der Waals surface area contributed by atoms with E-state index in [1.165, 1.54) is 50.8 Å². The van der Waals surface area contributed by atoms with Crippen LogP contribution < -0.4 is 0 Å². The predicted molar refractivity (Wildman–Crippen MR) is 89.8 cm³/mol. The largest absolute Gasteiger partial charge is 0.338 e. The Bertz CT molecular complexity index is 487. The highest BCUT2D eigenvalue weighted by Gasteiger charge is 2.38. The SMILES string of the molecule is CC(=O)N1CCC[C@@H]1[C@H]1CCCN1CCCc1ccccc1. The smallest absolute Gasteiger partial charge is 0.219 e. The lowest BCUT2D eigenvalue weighted by Gasteiger charge is -2.34. The number of amides is 1. The molecule has 2 atom stereocenters. The summed E-state index contributed by atoms with van der Waals surface area (Å²) in [6.45, 7) is 5.07. The molecule has 0 aliphatic carbocycles. The second-order valence-electron chi connectivity index (χ2n) is 6.76. The van der Waals surface area contributed by atoms with Gasteiger partial charge in [-0.3, -0.25) is 9.69 Å². The van der Waals surface area contributed by atoms with Crippen molar-refractivity contribution in [1.82, 2.24) is 9.80 Å². The molecule has 2 aliphatic heterocycles. The van der Waals surface area contributed by atoms with E-state index in [2.05, 4.69) is 40.1 Å². The molecule has 0 radical (unpaired) electrons. The molecule has 22 heavy (non-hydrogen) atoms. The Morgan fingerprint density at radius 3 is 2.59 bits per heavy atom. The number of benzene rings is 1. The Morgan fingerprint density at radius 2 is 1.82 bits per heavy atom. The summed E-state index contributed by atoms with van der Waals surface area (Å²) in [6.07, 6.45) is 7.30. The number of likely N-dealkylation sites (tertiary alicyclic amines) is 2. The van der Waals surface area contributed by atoms with Crippen LogP contribution in [0.1, 0.15) is 44.6 Å². The summed E-state index contributed by atoms with van der Waals surface area (Å²) < 4.78 is 0. The minimum atomic E-state index is 0.263. The van der Waals surface area contributed by atoms with Gasteiger partial charge in [-0.25, -0.2) is 0 Å². The van der Waals surface area contributed by atoms with Crippen LogP contribution in [0.5, 0.6) is 0 Å². The van der Waals surface area contributed by atoms with Crippen LogP contribution in [0.15, 0.2) is 30.3 Å². The molecular weight excluding hydrogens is 272 g/mol. The van der Waals surface area contributed by atoms with Crippen LogP contribution >= 0.6 is 0 Å². The summed E-state index contributed by atoms with van der Waals surface area (Å²) in [5, 5.41) is 0. The molecule has 2 saturated heterocycles. The third-order valence-electron chi connectivity index (χ3n) is 5.32. The molecule has 1 aromatic carbocycles. The molecule has 2 fully saturated rings. The molecule has 3 nitrogen and oxygen atoms in total. The van der Waals surface area contributed by atoms with E-state index in [4.69, 9.17) is 0 Å². The van der Waals surface area contributed by atoms with Crippen molar-refractivity contribution in [3.05, 3.63) is 35.9 Å². The lowest BCUT2D eigenvalue weighted by Crippen LogP contribution is -2.47. The second-order valence-corrected chi connectivity index (χ2v) is 6.76. The highest BCUT2D eigenvalue weighted by atomic mass is 16.2. The third kappa shape index (κ3) is 3.52. The Hall–Kier alpha value is -1.35. The van der Waals surface area contributed by atoms with E-state index < -0.39 is 0 Å². The van der Waals surface area contributed by atoms with Gasteiger partial charge < -0.3 is 4.90 Å². The summed E-state index contributed by atoms with van der Waals surface area (Å²) in [4.78, 5) is 16.6. The fraction of sp³-hybridized carbons (Fsp3) is 0.632. The maximum atomic E-state index is 11.8. The first-order chi connectivity index (χ1) is 10.8. The van der Waals surface area contributed by atoms with E-state index in [0.717, 1.165) is 13.0 Å². The van der Waals surface area contributed by atoms with Crippen molar-refractivity contribution in [2.24, 2.45) is 0 Å². The molecular formula is C19H28N2O. The van der Waals surface area contributed by atoms with Gasteiger partial charge in [-0.15, -0.1) is 0 Å². The first kappa shape index (κ1) is 15.5. The molecule has 1 aromatic rings. The average Bonchev–Trinajstić information content (AvgIpc) is 3.16. The molecule has 2 aliphatic rings. The van der Waals surface area contributed by atoms with Crippen LogP contribution in [0.3, 0.4) is 0 Å². The van der Waals surface area contributed by atoms with Crippen LogP contribution in [-0.4, -0.2) is 47.4 Å². The fourth-order valence-corrected chi connectivity index (χ4v) is 4.28. The Balaban J connectivity index is 1.53. The minimum absolute atomic E-state index is 0.263. The molecule has 0 aromatic heterocycles. The van der Waals surface area contributed by atoms with Gasteiger partial charge in [0, 0.05) is 25.6 Å². The van der Waals surface area contributed by atoms with Crippen molar-refractivity contribution in [3.63, 3.8) is 0 Å². The molecule has 1 amide bonds. The van der Waals surface area contributed by atoms with Crippen molar-refractivity contribution < 1.29 is 4.79 Å². The van der Waals surface area contributed by atoms with Gasteiger partial charge in [-0.05, 0) is 57.2 Å². The Kier molecular flexibility index (Phi) is 5.14. The topological polar surface area (TPSA) is 23.6 Å². The number of nitrogens with zero attached hydrogens (tertiary/aromatic N) is 2. The van der Waals surface area contributed by atoms with Gasteiger partial charge in [0.2, 0.25) is 5.91 Å². The van der Waals surface area contributed by atoms with Crippen molar-refractivity contribution in [3.8, 4) is 0 Å². The van der Waals surface area contributed by atoms with Crippen molar-refractivity contribution in [1.29, 1.82) is 0 Å². The van der Waals surface area contributed by atoms with Gasteiger partial charge in [0.15, 0.2) is 0 Å².